The fraction of sp³-hybridized carbons (Fsp3) is 0.500. The number of hydrogen-bond acceptors (Lipinski definition) is 5. The van der Waals surface area contributed by atoms with Crippen molar-refractivity contribution in [1.82, 2.24) is 0 Å². The van der Waals surface area contributed by atoms with Gasteiger partial charge in [-0.3, -0.25) is 14.8 Å². The molecule has 0 amide bonds. The van der Waals surface area contributed by atoms with Gasteiger partial charge in [-0.05, 0) is 0 Å². The van der Waals surface area contributed by atoms with E-state index < -0.39 is 36.4 Å². The van der Waals surface area contributed by atoms with Gasteiger partial charge in [-0.15, -0.1) is 0 Å². The first-order valence-corrected chi connectivity index (χ1v) is 3.33. The van der Waals surface area contributed by atoms with Gasteiger partial charge in [-0.1, -0.05) is 0 Å². The van der Waals surface area contributed by atoms with Crippen molar-refractivity contribution in [2.24, 2.45) is 0 Å². The molecule has 0 saturated carbocycles. The van der Waals surface area contributed by atoms with Crippen LogP contribution in [0.2, 0.25) is 0 Å². The van der Waals surface area contributed by atoms with E-state index in [1.165, 1.54) is 0 Å². The summed E-state index contributed by atoms with van der Waals surface area (Å²) in [6, 6.07) is 0. The third-order valence-electron chi connectivity index (χ3n) is 1.44. The third kappa shape index (κ3) is 5.28. The molecule has 0 bridgehead atoms. The monoisotopic (exact) mass is 250 g/mol. The Hall–Kier alpha value is -0.410. The Morgan fingerprint density at radius 1 is 1.07 bits per heavy atom. The normalized spacial score (nSPS) is 10.2. The predicted octanol–water partition coefficient (Wildman–Crippen LogP) is -0.907. The van der Waals surface area contributed by atoms with Crippen molar-refractivity contribution in [3.63, 3.8) is 0 Å². The summed E-state index contributed by atoms with van der Waals surface area (Å²) in [4.78, 5) is 34.4. The first kappa shape index (κ1) is 17.0. The Morgan fingerprint density at radius 3 is 1.53 bits per heavy atom. The van der Waals surface area contributed by atoms with E-state index in [0.29, 0.717) is 0 Å². The number of carboxylic acid groups (broad SMARTS) is 3. The van der Waals surface area contributed by atoms with E-state index >= 15 is 0 Å². The fourth-order valence-corrected chi connectivity index (χ4v) is 0.806. The van der Waals surface area contributed by atoms with E-state index in [1.54, 1.807) is 0 Å². The molecule has 0 spiro atoms. The van der Waals surface area contributed by atoms with Crippen molar-refractivity contribution in [3.05, 3.63) is 0 Å². The van der Waals surface area contributed by atoms with Crippen LogP contribution in [0.15, 0.2) is 0 Å². The summed E-state index contributed by atoms with van der Waals surface area (Å²) < 4.78 is 0. The molecule has 0 aliphatic heterocycles. The average Bonchev–Trinajstić information content (AvgIpc) is 2.00. The van der Waals surface area contributed by atoms with Crippen LogP contribution in [0, 0.1) is 0 Å². The van der Waals surface area contributed by atoms with Gasteiger partial charge < -0.3 is 18.2 Å². The largest absolute Gasteiger partial charge is 2.00 e. The van der Waals surface area contributed by atoms with Gasteiger partial charge in [0.25, 0.3) is 0 Å². The van der Waals surface area contributed by atoms with Crippen molar-refractivity contribution < 1.29 is 42.7 Å². The van der Waals surface area contributed by atoms with E-state index in [4.69, 9.17) is 20.6 Å². The molecule has 0 fully saturated rings. The van der Waals surface area contributed by atoms with Crippen molar-refractivity contribution in [3.8, 4) is 0 Å². The van der Waals surface area contributed by atoms with Crippen LogP contribution in [-0.2, 0) is 19.3 Å². The molecule has 0 unspecified atom stereocenters. The minimum Gasteiger partial charge on any atom is -1.00 e. The Labute approximate surface area is 116 Å². The van der Waals surface area contributed by atoms with Crippen LogP contribution in [0.3, 0.4) is 0 Å². The maximum atomic E-state index is 10.5. The standard InChI is InChI=1S/C6H8O8.Ca.2H/c7-3(8)1-6(14-13,5(11)12)2-4(9)10;;;/h13H,1-2H2,(H,7,8)(H,9,10)(H,11,12);;;/q;+2;2*-1. The van der Waals surface area contributed by atoms with Crippen molar-refractivity contribution in [2.75, 3.05) is 0 Å². The Morgan fingerprint density at radius 2 is 1.40 bits per heavy atom. The molecule has 0 aliphatic rings. The molecule has 0 rings (SSSR count). The van der Waals surface area contributed by atoms with Crippen molar-refractivity contribution >= 4 is 55.6 Å². The van der Waals surface area contributed by atoms with Gasteiger partial charge in [0.15, 0.2) is 0 Å². The van der Waals surface area contributed by atoms with E-state index in [2.05, 4.69) is 4.89 Å². The summed E-state index contributed by atoms with van der Waals surface area (Å²) in [7, 11) is 0. The summed E-state index contributed by atoms with van der Waals surface area (Å²) in [6.45, 7) is 0. The molecule has 4 N–H and O–H groups in total. The van der Waals surface area contributed by atoms with Crippen LogP contribution in [0.5, 0.6) is 0 Å². The molecule has 8 nitrogen and oxygen atoms in total. The fourth-order valence-electron chi connectivity index (χ4n) is 0.806. The molecule has 15 heavy (non-hydrogen) atoms. The number of aliphatic carboxylic acids is 3. The maximum Gasteiger partial charge on any atom is 2.00 e. The number of rotatable bonds is 6. The number of carbonyl (C=O) groups is 3. The summed E-state index contributed by atoms with van der Waals surface area (Å²) in [5, 5.41) is 33.3. The Balaban J connectivity index is -0.000000282. The third-order valence-corrected chi connectivity index (χ3v) is 1.44. The zero-order chi connectivity index (χ0) is 11.4. The van der Waals surface area contributed by atoms with Crippen LogP contribution in [0.1, 0.15) is 15.7 Å². The maximum absolute atomic E-state index is 10.5. The minimum atomic E-state index is -2.64. The summed E-state index contributed by atoms with van der Waals surface area (Å²) in [5.74, 6) is -5.05. The van der Waals surface area contributed by atoms with Crippen LogP contribution in [0.4, 0.5) is 0 Å². The molecular formula is C6H10CaO8. The number of carboxylic acids is 3. The SMILES string of the molecule is O=C(O)CC(CC(=O)O)(OO)C(=O)O.[Ca+2].[H-].[H-]. The molecule has 0 radical (unpaired) electrons. The number of hydrogen-bond donors (Lipinski definition) is 4. The van der Waals surface area contributed by atoms with Gasteiger partial charge in [-0.25, -0.2) is 9.68 Å². The Bertz CT molecular complexity index is 255. The van der Waals surface area contributed by atoms with Crippen LogP contribution >= 0.6 is 0 Å². The van der Waals surface area contributed by atoms with Gasteiger partial charge in [0.2, 0.25) is 5.60 Å². The zero-order valence-corrected chi connectivity index (χ0v) is 9.75. The van der Waals surface area contributed by atoms with Crippen LogP contribution in [-0.4, -0.2) is 81.8 Å². The molecule has 9 heteroatoms. The molecule has 0 heterocycles. The molecule has 0 atom stereocenters. The Kier molecular flexibility index (Phi) is 7.89. The van der Waals surface area contributed by atoms with Gasteiger partial charge in [0.1, 0.15) is 0 Å². The molecular weight excluding hydrogens is 240 g/mol. The predicted molar refractivity (Wildman–Crippen MR) is 46.6 cm³/mol. The van der Waals surface area contributed by atoms with Gasteiger partial charge in [0, 0.05) is 0 Å². The molecule has 0 aromatic rings. The molecule has 0 aromatic carbocycles. The smallest absolute Gasteiger partial charge is 1.00 e. The second-order valence-corrected chi connectivity index (χ2v) is 2.53. The minimum absolute atomic E-state index is 0. The summed E-state index contributed by atoms with van der Waals surface area (Å²) >= 11 is 0. The second kappa shape index (κ2) is 6.96. The van der Waals surface area contributed by atoms with E-state index in [9.17, 15) is 14.4 Å². The van der Waals surface area contributed by atoms with E-state index in [1.807, 2.05) is 0 Å². The van der Waals surface area contributed by atoms with Crippen LogP contribution < -0.4 is 0 Å². The average molecular weight is 250 g/mol. The van der Waals surface area contributed by atoms with Gasteiger partial charge in [-0.2, -0.15) is 0 Å². The molecule has 84 valence electrons. The molecule has 0 saturated heterocycles. The van der Waals surface area contributed by atoms with Crippen molar-refractivity contribution in [2.45, 2.75) is 18.4 Å². The summed E-state index contributed by atoms with van der Waals surface area (Å²) in [5.41, 5.74) is -2.64. The van der Waals surface area contributed by atoms with Crippen molar-refractivity contribution in [1.29, 1.82) is 0 Å². The van der Waals surface area contributed by atoms with E-state index in [0.717, 1.165) is 0 Å². The molecule has 0 aromatic heterocycles. The quantitative estimate of drug-likeness (QED) is 0.270. The molecule has 0 aliphatic carbocycles. The summed E-state index contributed by atoms with van der Waals surface area (Å²) in [6.07, 6.45) is -2.30. The van der Waals surface area contributed by atoms with Crippen LogP contribution in [0.25, 0.3) is 0 Å². The first-order chi connectivity index (χ1) is 6.34. The first-order valence-electron chi connectivity index (χ1n) is 3.33. The van der Waals surface area contributed by atoms with Gasteiger partial charge in [0.05, 0.1) is 12.8 Å². The topological polar surface area (TPSA) is 141 Å². The van der Waals surface area contributed by atoms with E-state index in [-0.39, 0.29) is 40.6 Å². The second-order valence-electron chi connectivity index (χ2n) is 2.53. The van der Waals surface area contributed by atoms with Gasteiger partial charge >= 0.3 is 55.6 Å². The zero-order valence-electron chi connectivity index (χ0n) is 9.54.